The van der Waals surface area contributed by atoms with Gasteiger partial charge < -0.3 is 4.74 Å². The number of carbonyl (C=O) groups is 1. The van der Waals surface area contributed by atoms with Gasteiger partial charge in [0.15, 0.2) is 0 Å². The summed E-state index contributed by atoms with van der Waals surface area (Å²) in [5.74, 6) is 0.562. The Morgan fingerprint density at radius 2 is 2.06 bits per heavy atom. The highest BCUT2D eigenvalue weighted by Crippen LogP contribution is 2.12. The summed E-state index contributed by atoms with van der Waals surface area (Å²) in [6.07, 6.45) is 5.24. The van der Waals surface area contributed by atoms with Crippen molar-refractivity contribution < 1.29 is 9.53 Å². The van der Waals surface area contributed by atoms with Crippen LogP contribution in [0.3, 0.4) is 0 Å². The smallest absolute Gasteiger partial charge is 0.410 e. The lowest BCUT2D eigenvalue weighted by molar-refractivity contribution is 0.173. The molecule has 2 rings (SSSR count). The summed E-state index contributed by atoms with van der Waals surface area (Å²) in [6, 6.07) is 9.06. The minimum atomic E-state index is -0.355. The molecule has 0 spiro atoms. The predicted molar refractivity (Wildman–Crippen MR) is 62.1 cm³/mol. The number of hydrogen-bond acceptors (Lipinski definition) is 2. The summed E-state index contributed by atoms with van der Waals surface area (Å²) in [4.78, 5) is 13.2. The Bertz CT molecular complexity index is 435. The standard InChI is InChI=1S/C13H13NO2/c1-11-7-9-14(10-8-11)13(15)16-12-5-3-2-4-6-12/h2-9H,10H2,1H3. The molecule has 3 heteroatoms. The van der Waals surface area contributed by atoms with E-state index in [0.29, 0.717) is 12.3 Å². The van der Waals surface area contributed by atoms with E-state index in [2.05, 4.69) is 0 Å². The highest BCUT2D eigenvalue weighted by molar-refractivity contribution is 5.72. The number of rotatable bonds is 1. The summed E-state index contributed by atoms with van der Waals surface area (Å²) in [7, 11) is 0. The SMILES string of the molecule is CC1=CCN(C(=O)Oc2ccccc2)C=C1. The van der Waals surface area contributed by atoms with Crippen LogP contribution in [0.1, 0.15) is 6.92 Å². The average molecular weight is 215 g/mol. The highest BCUT2D eigenvalue weighted by atomic mass is 16.6. The third-order valence-electron chi connectivity index (χ3n) is 2.31. The molecule has 1 heterocycles. The molecule has 0 radical (unpaired) electrons. The fraction of sp³-hybridized carbons (Fsp3) is 0.154. The number of allylic oxidation sites excluding steroid dienone is 2. The zero-order valence-corrected chi connectivity index (χ0v) is 9.09. The summed E-state index contributed by atoms with van der Waals surface area (Å²) >= 11 is 0. The van der Waals surface area contributed by atoms with Crippen LogP contribution < -0.4 is 4.74 Å². The number of benzene rings is 1. The van der Waals surface area contributed by atoms with Gasteiger partial charge >= 0.3 is 6.09 Å². The number of carbonyl (C=O) groups excluding carboxylic acids is 1. The number of ether oxygens (including phenoxy) is 1. The van der Waals surface area contributed by atoms with Crippen molar-refractivity contribution >= 4 is 6.09 Å². The minimum Gasteiger partial charge on any atom is -0.410 e. The molecule has 1 aliphatic heterocycles. The fourth-order valence-electron chi connectivity index (χ4n) is 1.36. The molecule has 3 nitrogen and oxygen atoms in total. The lowest BCUT2D eigenvalue weighted by Gasteiger charge is -2.19. The third kappa shape index (κ3) is 2.51. The number of nitrogens with zero attached hydrogens (tertiary/aromatic N) is 1. The Labute approximate surface area is 94.6 Å². The molecule has 1 aromatic carbocycles. The summed E-state index contributed by atoms with van der Waals surface area (Å²) < 4.78 is 5.20. The topological polar surface area (TPSA) is 29.5 Å². The monoisotopic (exact) mass is 215 g/mol. The van der Waals surface area contributed by atoms with Crippen LogP contribution in [0.25, 0.3) is 0 Å². The molecule has 82 valence electrons. The minimum absolute atomic E-state index is 0.355. The first-order valence-corrected chi connectivity index (χ1v) is 5.14. The van der Waals surface area contributed by atoms with Gasteiger partial charge in [0.05, 0.1) is 0 Å². The summed E-state index contributed by atoms with van der Waals surface area (Å²) in [5, 5.41) is 0. The van der Waals surface area contributed by atoms with E-state index in [1.807, 2.05) is 37.3 Å². The molecule has 0 N–H and O–H groups in total. The van der Waals surface area contributed by atoms with Gasteiger partial charge in [-0.05, 0) is 25.1 Å². The normalized spacial score (nSPS) is 14.6. The summed E-state index contributed by atoms with van der Waals surface area (Å²) in [5.41, 5.74) is 1.16. The fourth-order valence-corrected chi connectivity index (χ4v) is 1.36. The molecule has 0 aliphatic carbocycles. The van der Waals surface area contributed by atoms with E-state index in [0.717, 1.165) is 5.57 Å². The molecule has 0 atom stereocenters. The molecule has 0 saturated carbocycles. The van der Waals surface area contributed by atoms with Crippen LogP contribution >= 0.6 is 0 Å². The Morgan fingerprint density at radius 1 is 1.31 bits per heavy atom. The first-order chi connectivity index (χ1) is 7.75. The van der Waals surface area contributed by atoms with Crippen LogP contribution in [0.4, 0.5) is 4.79 Å². The van der Waals surface area contributed by atoms with Gasteiger partial charge in [-0.25, -0.2) is 4.79 Å². The predicted octanol–water partition coefficient (Wildman–Crippen LogP) is 2.96. The maximum absolute atomic E-state index is 11.7. The molecule has 1 aromatic rings. The Morgan fingerprint density at radius 3 is 2.69 bits per heavy atom. The van der Waals surface area contributed by atoms with Crippen LogP contribution in [0, 0.1) is 0 Å². The van der Waals surface area contributed by atoms with Crippen LogP contribution in [-0.2, 0) is 0 Å². The van der Waals surface area contributed by atoms with Crippen LogP contribution in [0.15, 0.2) is 54.3 Å². The van der Waals surface area contributed by atoms with Crippen molar-refractivity contribution in [2.24, 2.45) is 0 Å². The quantitative estimate of drug-likeness (QED) is 0.720. The highest BCUT2D eigenvalue weighted by Gasteiger charge is 2.13. The second kappa shape index (κ2) is 4.66. The van der Waals surface area contributed by atoms with Gasteiger partial charge in [-0.2, -0.15) is 0 Å². The molecule has 1 aliphatic rings. The van der Waals surface area contributed by atoms with E-state index in [9.17, 15) is 4.79 Å². The van der Waals surface area contributed by atoms with Crippen molar-refractivity contribution in [3.63, 3.8) is 0 Å². The molecule has 0 unspecified atom stereocenters. The molecule has 0 fully saturated rings. The van der Waals surface area contributed by atoms with E-state index in [-0.39, 0.29) is 6.09 Å². The lowest BCUT2D eigenvalue weighted by atomic mass is 10.2. The summed E-state index contributed by atoms with van der Waals surface area (Å²) in [6.45, 7) is 2.56. The van der Waals surface area contributed by atoms with Gasteiger partial charge in [-0.15, -0.1) is 0 Å². The molecular weight excluding hydrogens is 202 g/mol. The largest absolute Gasteiger partial charge is 0.419 e. The molecule has 0 saturated heterocycles. The van der Waals surface area contributed by atoms with E-state index >= 15 is 0 Å². The average Bonchev–Trinajstić information content (AvgIpc) is 2.31. The van der Waals surface area contributed by atoms with Crippen molar-refractivity contribution in [2.45, 2.75) is 6.92 Å². The molecule has 0 aromatic heterocycles. The molecule has 1 amide bonds. The zero-order valence-electron chi connectivity index (χ0n) is 9.09. The third-order valence-corrected chi connectivity index (χ3v) is 2.31. The molecule has 0 bridgehead atoms. The van der Waals surface area contributed by atoms with E-state index in [4.69, 9.17) is 4.74 Å². The molecule has 16 heavy (non-hydrogen) atoms. The maximum Gasteiger partial charge on any atom is 0.419 e. The second-order valence-corrected chi connectivity index (χ2v) is 3.60. The molecular formula is C13H13NO2. The van der Waals surface area contributed by atoms with Crippen molar-refractivity contribution in [3.8, 4) is 5.75 Å². The van der Waals surface area contributed by atoms with E-state index in [1.165, 1.54) is 4.90 Å². The van der Waals surface area contributed by atoms with E-state index < -0.39 is 0 Å². The van der Waals surface area contributed by atoms with Gasteiger partial charge in [0.1, 0.15) is 5.75 Å². The van der Waals surface area contributed by atoms with Crippen molar-refractivity contribution in [2.75, 3.05) is 6.54 Å². The van der Waals surface area contributed by atoms with Crippen molar-refractivity contribution in [1.82, 2.24) is 4.90 Å². The van der Waals surface area contributed by atoms with Crippen LogP contribution in [-0.4, -0.2) is 17.5 Å². The van der Waals surface area contributed by atoms with Gasteiger partial charge in [-0.3, -0.25) is 4.90 Å². The first kappa shape index (κ1) is 10.5. The van der Waals surface area contributed by atoms with Crippen molar-refractivity contribution in [3.05, 3.63) is 54.3 Å². The Balaban J connectivity index is 1.98. The Kier molecular flexibility index (Phi) is 3.05. The van der Waals surface area contributed by atoms with Gasteiger partial charge in [-0.1, -0.05) is 29.8 Å². The number of para-hydroxylation sites is 1. The second-order valence-electron chi connectivity index (χ2n) is 3.60. The number of hydrogen-bond donors (Lipinski definition) is 0. The van der Waals surface area contributed by atoms with Crippen LogP contribution in [0.2, 0.25) is 0 Å². The van der Waals surface area contributed by atoms with Gasteiger partial charge in [0.25, 0.3) is 0 Å². The van der Waals surface area contributed by atoms with Crippen LogP contribution in [0.5, 0.6) is 5.75 Å². The first-order valence-electron chi connectivity index (χ1n) is 5.14. The van der Waals surface area contributed by atoms with Gasteiger partial charge in [0.2, 0.25) is 0 Å². The van der Waals surface area contributed by atoms with Gasteiger partial charge in [0, 0.05) is 12.7 Å². The van der Waals surface area contributed by atoms with E-state index in [1.54, 1.807) is 18.3 Å². The van der Waals surface area contributed by atoms with Crippen molar-refractivity contribution in [1.29, 1.82) is 0 Å². The number of amides is 1. The Hall–Kier alpha value is -2.03. The lowest BCUT2D eigenvalue weighted by Crippen LogP contribution is -2.30. The zero-order chi connectivity index (χ0) is 11.4. The maximum atomic E-state index is 11.7.